The van der Waals surface area contributed by atoms with E-state index in [0.717, 1.165) is 22.8 Å². The lowest BCUT2D eigenvalue weighted by Crippen LogP contribution is -3.15. The summed E-state index contributed by atoms with van der Waals surface area (Å²) in [6.07, 6.45) is 0. The third-order valence-electron chi connectivity index (χ3n) is 5.41. The van der Waals surface area contributed by atoms with Gasteiger partial charge in [-0.05, 0) is 60.7 Å². The van der Waals surface area contributed by atoms with E-state index in [1.165, 1.54) is 16.4 Å². The molecule has 9 heteroatoms. The minimum Gasteiger partial charge on any atom is -0.457 e. The zero-order valence-electron chi connectivity index (χ0n) is 17.9. The number of rotatable bonds is 7. The van der Waals surface area contributed by atoms with Crippen molar-refractivity contribution in [1.29, 1.82) is 0 Å². The second-order valence-corrected chi connectivity index (χ2v) is 9.71. The van der Waals surface area contributed by atoms with Crippen molar-refractivity contribution >= 4 is 21.6 Å². The Morgan fingerprint density at radius 3 is 2.15 bits per heavy atom. The average molecular weight is 471 g/mol. The molecule has 0 aliphatic carbocycles. The highest BCUT2D eigenvalue weighted by atomic mass is 32.2. The molecule has 3 aromatic rings. The van der Waals surface area contributed by atoms with E-state index in [-0.39, 0.29) is 17.3 Å². The summed E-state index contributed by atoms with van der Waals surface area (Å²) in [7, 11) is -3.67. The van der Waals surface area contributed by atoms with Gasteiger partial charge in [-0.3, -0.25) is 4.79 Å². The molecule has 0 bridgehead atoms. The van der Waals surface area contributed by atoms with Gasteiger partial charge in [0.2, 0.25) is 10.0 Å². The van der Waals surface area contributed by atoms with Crippen molar-refractivity contribution < 1.29 is 27.2 Å². The van der Waals surface area contributed by atoms with E-state index >= 15 is 0 Å². The van der Waals surface area contributed by atoms with Gasteiger partial charge in [-0.25, -0.2) is 12.8 Å². The van der Waals surface area contributed by atoms with Crippen molar-refractivity contribution in [3.63, 3.8) is 0 Å². The molecule has 0 atom stereocenters. The van der Waals surface area contributed by atoms with Crippen molar-refractivity contribution in [3.05, 3.63) is 84.7 Å². The number of carbonyl (C=O) groups excluding carboxylic acids is 1. The van der Waals surface area contributed by atoms with Crippen molar-refractivity contribution in [2.75, 3.05) is 38.0 Å². The Hall–Kier alpha value is -3.27. The number of hydrogen-bond acceptors (Lipinski definition) is 4. The highest BCUT2D eigenvalue weighted by Crippen LogP contribution is 2.22. The topological polar surface area (TPSA) is 80.2 Å². The van der Waals surface area contributed by atoms with Crippen LogP contribution in [0.25, 0.3) is 0 Å². The second-order valence-electron chi connectivity index (χ2n) is 7.77. The number of hydrogen-bond donors (Lipinski definition) is 2. The molecule has 3 aromatic carbocycles. The van der Waals surface area contributed by atoms with Gasteiger partial charge >= 0.3 is 0 Å². The first-order chi connectivity index (χ1) is 15.9. The van der Waals surface area contributed by atoms with E-state index in [1.807, 2.05) is 30.3 Å². The van der Waals surface area contributed by atoms with Gasteiger partial charge in [0, 0.05) is 5.69 Å². The lowest BCUT2D eigenvalue weighted by molar-refractivity contribution is -0.895. The molecule has 7 nitrogen and oxygen atoms in total. The monoisotopic (exact) mass is 470 g/mol. The molecule has 172 valence electrons. The zero-order chi connectivity index (χ0) is 23.3. The van der Waals surface area contributed by atoms with Crippen molar-refractivity contribution in [1.82, 2.24) is 4.31 Å². The predicted molar refractivity (Wildman–Crippen MR) is 122 cm³/mol. The number of amides is 1. The van der Waals surface area contributed by atoms with E-state index in [0.29, 0.717) is 37.6 Å². The molecule has 4 rings (SSSR count). The number of piperazine rings is 1. The van der Waals surface area contributed by atoms with E-state index < -0.39 is 15.8 Å². The number of carbonyl (C=O) groups is 1. The largest absolute Gasteiger partial charge is 0.457 e. The first-order valence-electron chi connectivity index (χ1n) is 10.6. The maximum Gasteiger partial charge on any atom is 0.279 e. The van der Waals surface area contributed by atoms with Gasteiger partial charge in [0.1, 0.15) is 17.3 Å². The SMILES string of the molecule is O=C(C[NH+]1CCN(S(=O)(=O)c2ccc(F)cc2)CC1)Nc1ccc(Oc2ccccc2)cc1. The van der Waals surface area contributed by atoms with Crippen molar-refractivity contribution in [3.8, 4) is 11.5 Å². The van der Waals surface area contributed by atoms with Crippen LogP contribution in [0.2, 0.25) is 0 Å². The summed E-state index contributed by atoms with van der Waals surface area (Å²) < 4.78 is 45.7. The molecule has 0 spiro atoms. The molecule has 1 aliphatic rings. The Bertz CT molecular complexity index is 1180. The van der Waals surface area contributed by atoms with Gasteiger partial charge in [0.15, 0.2) is 6.54 Å². The fourth-order valence-corrected chi connectivity index (χ4v) is 5.08. The number of halogens is 1. The number of para-hydroxylation sites is 1. The highest BCUT2D eigenvalue weighted by molar-refractivity contribution is 7.89. The second kappa shape index (κ2) is 10.1. The Morgan fingerprint density at radius 1 is 0.909 bits per heavy atom. The third-order valence-corrected chi connectivity index (χ3v) is 7.32. The number of quaternary nitrogens is 1. The summed E-state index contributed by atoms with van der Waals surface area (Å²) in [6.45, 7) is 1.86. The molecule has 1 saturated heterocycles. The standard InChI is InChI=1S/C24H24FN3O4S/c25-19-6-12-23(13-7-19)33(30,31)28-16-14-27(15-17-28)18-24(29)26-20-8-10-22(11-9-20)32-21-4-2-1-3-5-21/h1-13H,14-18H2,(H,26,29)/p+1. The average Bonchev–Trinajstić information content (AvgIpc) is 2.82. The smallest absolute Gasteiger partial charge is 0.279 e. The van der Waals surface area contributed by atoms with Crippen LogP contribution in [-0.2, 0) is 14.8 Å². The molecule has 2 N–H and O–H groups in total. The fraction of sp³-hybridized carbons (Fsp3) is 0.208. The molecule has 0 aromatic heterocycles. The van der Waals surface area contributed by atoms with Crippen molar-refractivity contribution in [2.24, 2.45) is 0 Å². The molecule has 0 saturated carbocycles. The predicted octanol–water partition coefficient (Wildman–Crippen LogP) is 2.15. The summed E-state index contributed by atoms with van der Waals surface area (Å²) >= 11 is 0. The van der Waals surface area contributed by atoms with Gasteiger partial charge in [0.05, 0.1) is 31.1 Å². The molecule has 33 heavy (non-hydrogen) atoms. The van der Waals surface area contributed by atoms with Crippen LogP contribution < -0.4 is 15.0 Å². The molecular weight excluding hydrogens is 445 g/mol. The third kappa shape index (κ3) is 5.95. The normalized spacial score (nSPS) is 15.2. The van der Waals surface area contributed by atoms with E-state index in [9.17, 15) is 17.6 Å². The van der Waals surface area contributed by atoms with Gasteiger partial charge in [-0.2, -0.15) is 4.31 Å². The summed E-state index contributed by atoms with van der Waals surface area (Å²) in [4.78, 5) is 13.5. The first-order valence-corrected chi connectivity index (χ1v) is 12.1. The summed E-state index contributed by atoms with van der Waals surface area (Å²) in [6, 6.07) is 21.4. The Balaban J connectivity index is 1.26. The number of sulfonamides is 1. The fourth-order valence-electron chi connectivity index (χ4n) is 3.64. The number of nitrogens with one attached hydrogen (secondary N) is 2. The van der Waals surface area contributed by atoms with E-state index in [1.54, 1.807) is 24.3 Å². The van der Waals surface area contributed by atoms with Crippen LogP contribution >= 0.6 is 0 Å². The van der Waals surface area contributed by atoms with Crippen LogP contribution in [0, 0.1) is 5.82 Å². The maximum absolute atomic E-state index is 13.1. The van der Waals surface area contributed by atoms with Crippen LogP contribution in [0.5, 0.6) is 11.5 Å². The number of anilines is 1. The summed E-state index contributed by atoms with van der Waals surface area (Å²) in [5, 5.41) is 2.87. The number of benzene rings is 3. The van der Waals surface area contributed by atoms with Gasteiger partial charge in [0.25, 0.3) is 5.91 Å². The van der Waals surface area contributed by atoms with Crippen LogP contribution in [0.4, 0.5) is 10.1 Å². The van der Waals surface area contributed by atoms with Crippen LogP contribution in [0.15, 0.2) is 83.8 Å². The molecule has 1 aliphatic heterocycles. The lowest BCUT2D eigenvalue weighted by Gasteiger charge is -2.31. The molecule has 1 amide bonds. The minimum atomic E-state index is -3.67. The van der Waals surface area contributed by atoms with E-state index in [2.05, 4.69) is 5.32 Å². The lowest BCUT2D eigenvalue weighted by atomic mass is 10.3. The minimum absolute atomic E-state index is 0.0739. The van der Waals surface area contributed by atoms with Crippen LogP contribution in [0.1, 0.15) is 0 Å². The first kappa shape index (κ1) is 22.9. The van der Waals surface area contributed by atoms with Crippen LogP contribution in [-0.4, -0.2) is 51.4 Å². The number of nitrogens with zero attached hydrogens (tertiary/aromatic N) is 1. The van der Waals surface area contributed by atoms with E-state index in [4.69, 9.17) is 4.74 Å². The quantitative estimate of drug-likeness (QED) is 0.555. The summed E-state index contributed by atoms with van der Waals surface area (Å²) in [5.41, 5.74) is 0.664. The zero-order valence-corrected chi connectivity index (χ0v) is 18.7. The van der Waals surface area contributed by atoms with Gasteiger partial charge < -0.3 is 15.0 Å². The van der Waals surface area contributed by atoms with Crippen LogP contribution in [0.3, 0.4) is 0 Å². The Morgan fingerprint density at radius 2 is 1.52 bits per heavy atom. The van der Waals surface area contributed by atoms with Gasteiger partial charge in [-0.15, -0.1) is 0 Å². The summed E-state index contributed by atoms with van der Waals surface area (Å²) in [5.74, 6) is 0.783. The number of ether oxygens (including phenoxy) is 1. The Kier molecular flexibility index (Phi) is 7.02. The van der Waals surface area contributed by atoms with Crippen molar-refractivity contribution in [2.45, 2.75) is 4.90 Å². The molecule has 1 heterocycles. The Labute approximate surface area is 192 Å². The molecular formula is C24H25FN3O4S+. The maximum atomic E-state index is 13.1. The molecule has 0 unspecified atom stereocenters. The molecule has 0 radical (unpaired) electrons. The van der Waals surface area contributed by atoms with Gasteiger partial charge in [-0.1, -0.05) is 18.2 Å². The molecule has 1 fully saturated rings. The highest BCUT2D eigenvalue weighted by Gasteiger charge is 2.31.